The second-order valence-corrected chi connectivity index (χ2v) is 5.37. The highest BCUT2D eigenvalue weighted by Crippen LogP contribution is 2.26. The highest BCUT2D eigenvalue weighted by atomic mass is 16.6. The van der Waals surface area contributed by atoms with Crippen LogP contribution >= 0.6 is 0 Å². The van der Waals surface area contributed by atoms with Gasteiger partial charge < -0.3 is 14.8 Å². The van der Waals surface area contributed by atoms with Crippen LogP contribution in [-0.4, -0.2) is 50.4 Å². The molecule has 3 amide bonds. The topological polar surface area (TPSA) is 91.7 Å². The highest BCUT2D eigenvalue weighted by molar-refractivity contribution is 5.90. The molecule has 0 aromatic carbocycles. The van der Waals surface area contributed by atoms with E-state index >= 15 is 0 Å². The zero-order chi connectivity index (χ0) is 16.2. The number of carbonyl (C=O) groups is 2. The van der Waals surface area contributed by atoms with Crippen molar-refractivity contribution in [1.82, 2.24) is 10.2 Å². The molecule has 1 N–H and O–H groups in total. The van der Waals surface area contributed by atoms with Crippen molar-refractivity contribution >= 4 is 12.1 Å². The molecule has 1 fully saturated rings. The van der Waals surface area contributed by atoms with Gasteiger partial charge in [0.25, 0.3) is 0 Å². The van der Waals surface area contributed by atoms with Gasteiger partial charge in [-0.25, -0.2) is 14.5 Å². The predicted molar refractivity (Wildman–Crippen MR) is 80.1 cm³/mol. The molecule has 7 heteroatoms. The lowest BCUT2D eigenvalue weighted by atomic mass is 9.87. The first-order valence-electron chi connectivity index (χ1n) is 7.77. The molecule has 0 aliphatic heterocycles. The molecule has 0 spiro atoms. The summed E-state index contributed by atoms with van der Waals surface area (Å²) in [5.41, 5.74) is 0. The Hall–Kier alpha value is -1.81. The lowest BCUT2D eigenvalue weighted by molar-refractivity contribution is 0.0765. The van der Waals surface area contributed by atoms with Crippen LogP contribution in [0.15, 0.2) is 0 Å². The van der Waals surface area contributed by atoms with Crippen molar-refractivity contribution in [2.24, 2.45) is 5.92 Å². The van der Waals surface area contributed by atoms with Crippen LogP contribution in [0.5, 0.6) is 0 Å². The summed E-state index contributed by atoms with van der Waals surface area (Å²) in [4.78, 5) is 25.0. The summed E-state index contributed by atoms with van der Waals surface area (Å²) in [6, 6.07) is 1.24. The van der Waals surface area contributed by atoms with Gasteiger partial charge in [0.15, 0.2) is 0 Å². The number of methoxy groups -OCH3 is 1. The lowest BCUT2D eigenvalue weighted by Crippen LogP contribution is -2.45. The van der Waals surface area contributed by atoms with Crippen LogP contribution in [0.2, 0.25) is 0 Å². The van der Waals surface area contributed by atoms with E-state index in [1.165, 1.54) is 26.4 Å². The Labute approximate surface area is 131 Å². The van der Waals surface area contributed by atoms with Gasteiger partial charge in [0.2, 0.25) is 0 Å². The molecular formula is C15H25N3O4. The normalized spacial score (nSPS) is 14.9. The van der Waals surface area contributed by atoms with Gasteiger partial charge in [-0.05, 0) is 12.3 Å². The van der Waals surface area contributed by atoms with Crippen molar-refractivity contribution in [1.29, 1.82) is 5.26 Å². The second-order valence-electron chi connectivity index (χ2n) is 5.37. The number of hydrogen-bond donors (Lipinski definition) is 1. The fourth-order valence-electron chi connectivity index (χ4n) is 2.56. The first kappa shape index (κ1) is 18.2. The molecule has 0 bridgehead atoms. The van der Waals surface area contributed by atoms with E-state index in [4.69, 9.17) is 14.7 Å². The number of amides is 3. The van der Waals surface area contributed by atoms with Gasteiger partial charge in [-0.15, -0.1) is 0 Å². The number of urea groups is 1. The summed E-state index contributed by atoms with van der Waals surface area (Å²) in [6.07, 6.45) is 6.07. The summed E-state index contributed by atoms with van der Waals surface area (Å²) >= 11 is 0. The van der Waals surface area contributed by atoms with Crippen LogP contribution in [0, 0.1) is 17.2 Å². The summed E-state index contributed by atoms with van der Waals surface area (Å²) < 4.78 is 9.82. The van der Waals surface area contributed by atoms with E-state index in [2.05, 4.69) is 5.32 Å². The molecule has 1 aliphatic carbocycles. The number of nitrogens with zero attached hydrogens (tertiary/aromatic N) is 2. The summed E-state index contributed by atoms with van der Waals surface area (Å²) in [7, 11) is 1.51. The Bertz CT molecular complexity index is 389. The molecule has 124 valence electrons. The van der Waals surface area contributed by atoms with Gasteiger partial charge in [0.05, 0.1) is 12.7 Å². The maximum Gasteiger partial charge on any atom is 0.418 e. The summed E-state index contributed by atoms with van der Waals surface area (Å²) in [5.74, 6) is 0.548. The van der Waals surface area contributed by atoms with E-state index in [1.54, 1.807) is 0 Å². The second kappa shape index (κ2) is 10.9. The van der Waals surface area contributed by atoms with E-state index in [1.807, 2.05) is 6.07 Å². The van der Waals surface area contributed by atoms with Crippen LogP contribution in [0.3, 0.4) is 0 Å². The van der Waals surface area contributed by atoms with Crippen LogP contribution in [0.4, 0.5) is 9.59 Å². The molecule has 0 saturated heterocycles. The van der Waals surface area contributed by atoms with Crippen molar-refractivity contribution in [2.45, 2.75) is 38.5 Å². The third-order valence-electron chi connectivity index (χ3n) is 3.78. The molecule has 0 aromatic rings. The van der Waals surface area contributed by atoms with E-state index in [-0.39, 0.29) is 19.8 Å². The minimum Gasteiger partial charge on any atom is -0.447 e. The fourth-order valence-corrected chi connectivity index (χ4v) is 2.56. The van der Waals surface area contributed by atoms with Crippen LogP contribution in [-0.2, 0) is 9.47 Å². The Balaban J connectivity index is 2.50. The van der Waals surface area contributed by atoms with Crippen molar-refractivity contribution in [3.05, 3.63) is 0 Å². The first-order chi connectivity index (χ1) is 10.7. The molecule has 0 atom stereocenters. The number of imide groups is 1. The van der Waals surface area contributed by atoms with Gasteiger partial charge >= 0.3 is 12.1 Å². The Morgan fingerprint density at radius 1 is 1.27 bits per heavy atom. The largest absolute Gasteiger partial charge is 0.447 e. The third-order valence-corrected chi connectivity index (χ3v) is 3.78. The number of rotatable bonds is 7. The Morgan fingerprint density at radius 2 is 2.00 bits per heavy atom. The number of carbonyl (C=O) groups excluding carboxylic acids is 2. The predicted octanol–water partition coefficient (Wildman–Crippen LogP) is 2.27. The Kier molecular flexibility index (Phi) is 9.00. The quantitative estimate of drug-likeness (QED) is 0.575. The van der Waals surface area contributed by atoms with Crippen molar-refractivity contribution in [3.63, 3.8) is 0 Å². The first-order valence-corrected chi connectivity index (χ1v) is 7.77. The maximum atomic E-state index is 12.0. The molecule has 0 unspecified atom stereocenters. The number of hydrogen-bond acceptors (Lipinski definition) is 5. The molecule has 1 rings (SSSR count). The summed E-state index contributed by atoms with van der Waals surface area (Å²) in [6.45, 7) is 0.556. The van der Waals surface area contributed by atoms with Crippen LogP contribution in [0.1, 0.15) is 38.5 Å². The van der Waals surface area contributed by atoms with E-state index in [9.17, 15) is 9.59 Å². The molecule has 0 aromatic heterocycles. The average molecular weight is 311 g/mol. The van der Waals surface area contributed by atoms with Crippen molar-refractivity contribution < 1.29 is 19.1 Å². The molecule has 0 radical (unpaired) electrons. The molecule has 1 aliphatic rings. The minimum absolute atomic E-state index is 0.0980. The zero-order valence-corrected chi connectivity index (χ0v) is 13.2. The number of nitrogens with one attached hydrogen (secondary N) is 1. The van der Waals surface area contributed by atoms with E-state index < -0.39 is 12.1 Å². The monoisotopic (exact) mass is 311 g/mol. The van der Waals surface area contributed by atoms with Gasteiger partial charge in [0, 0.05) is 13.7 Å². The van der Waals surface area contributed by atoms with Crippen LogP contribution in [0.25, 0.3) is 0 Å². The van der Waals surface area contributed by atoms with Gasteiger partial charge in [-0.3, -0.25) is 0 Å². The standard InChI is InChI=1S/C15H25N3O4/c1-21-11-12-22-15(20)18(14(19)17-9-8-16)10-7-13-5-3-2-4-6-13/h13H,2-7,9-12H2,1H3,(H,17,19). The van der Waals surface area contributed by atoms with Crippen molar-refractivity contribution in [3.8, 4) is 6.07 Å². The fraction of sp³-hybridized carbons (Fsp3) is 0.800. The summed E-state index contributed by atoms with van der Waals surface area (Å²) in [5, 5.41) is 10.9. The van der Waals surface area contributed by atoms with Gasteiger partial charge in [0.1, 0.15) is 13.2 Å². The van der Waals surface area contributed by atoms with Crippen molar-refractivity contribution in [2.75, 3.05) is 33.4 Å². The molecule has 1 saturated carbocycles. The molecule has 0 heterocycles. The zero-order valence-electron chi connectivity index (χ0n) is 13.2. The maximum absolute atomic E-state index is 12.0. The SMILES string of the molecule is COCCOC(=O)N(CCC1CCCCC1)C(=O)NCC#N. The van der Waals surface area contributed by atoms with Gasteiger partial charge in [-0.2, -0.15) is 5.26 Å². The Morgan fingerprint density at radius 3 is 2.64 bits per heavy atom. The molecular weight excluding hydrogens is 286 g/mol. The van der Waals surface area contributed by atoms with Gasteiger partial charge in [-0.1, -0.05) is 32.1 Å². The average Bonchev–Trinajstić information content (AvgIpc) is 2.54. The lowest BCUT2D eigenvalue weighted by Gasteiger charge is -2.25. The highest BCUT2D eigenvalue weighted by Gasteiger charge is 2.24. The minimum atomic E-state index is -0.691. The number of ether oxygens (including phenoxy) is 2. The van der Waals surface area contributed by atoms with E-state index in [0.717, 1.165) is 24.2 Å². The molecule has 7 nitrogen and oxygen atoms in total. The van der Waals surface area contributed by atoms with Crippen LogP contribution < -0.4 is 5.32 Å². The van der Waals surface area contributed by atoms with E-state index in [0.29, 0.717) is 12.5 Å². The number of nitriles is 1. The third kappa shape index (κ3) is 6.76. The molecule has 22 heavy (non-hydrogen) atoms. The smallest absolute Gasteiger partial charge is 0.418 e.